The number of hydrogen-bond acceptors (Lipinski definition) is 5. The zero-order chi connectivity index (χ0) is 21.8. The van der Waals surface area contributed by atoms with E-state index in [0.29, 0.717) is 11.4 Å². The molecular formula is C24H31N5OS. The lowest BCUT2D eigenvalue weighted by atomic mass is 10.1. The molecule has 31 heavy (non-hydrogen) atoms. The normalized spacial score (nSPS) is 14.3. The first-order valence-corrected chi connectivity index (χ1v) is 11.3. The second-order valence-corrected chi connectivity index (χ2v) is 8.56. The van der Waals surface area contributed by atoms with Crippen molar-refractivity contribution in [3.8, 4) is 17.1 Å². The first-order chi connectivity index (χ1) is 15.1. The highest BCUT2D eigenvalue weighted by molar-refractivity contribution is 7.71. The van der Waals surface area contributed by atoms with Crippen LogP contribution in [0.5, 0.6) is 5.75 Å². The average molecular weight is 438 g/mol. The fourth-order valence-electron chi connectivity index (χ4n) is 4.30. The van der Waals surface area contributed by atoms with Crippen LogP contribution in [0.4, 0.5) is 5.69 Å². The van der Waals surface area contributed by atoms with Gasteiger partial charge in [-0.1, -0.05) is 30.3 Å². The average Bonchev–Trinajstić information content (AvgIpc) is 3.08. The first-order valence-electron chi connectivity index (χ1n) is 10.9. The number of rotatable bonds is 7. The van der Waals surface area contributed by atoms with Crippen molar-refractivity contribution in [3.05, 3.63) is 58.9 Å². The molecule has 7 heteroatoms. The van der Waals surface area contributed by atoms with Crippen LogP contribution in [-0.4, -0.2) is 46.5 Å². The SMILES string of the molecule is COc1ccccc1-c1nn(CN(C)Cc2ccccc2N2CCCCC2)c(=S)n1C. The molecule has 0 unspecified atom stereocenters. The highest BCUT2D eigenvalue weighted by Crippen LogP contribution is 2.28. The van der Waals surface area contributed by atoms with Crippen LogP contribution in [-0.2, 0) is 20.3 Å². The van der Waals surface area contributed by atoms with Crippen LogP contribution in [0, 0.1) is 4.77 Å². The summed E-state index contributed by atoms with van der Waals surface area (Å²) in [7, 11) is 5.75. The summed E-state index contributed by atoms with van der Waals surface area (Å²) in [5.74, 6) is 1.60. The van der Waals surface area contributed by atoms with Gasteiger partial charge in [-0.25, -0.2) is 4.68 Å². The van der Waals surface area contributed by atoms with E-state index >= 15 is 0 Å². The highest BCUT2D eigenvalue weighted by Gasteiger charge is 2.17. The fourth-order valence-corrected chi connectivity index (χ4v) is 4.49. The number of ether oxygens (including phenoxy) is 1. The lowest BCUT2D eigenvalue weighted by Crippen LogP contribution is -2.31. The van der Waals surface area contributed by atoms with Gasteiger partial charge in [0.25, 0.3) is 0 Å². The molecule has 1 fully saturated rings. The second-order valence-electron chi connectivity index (χ2n) is 8.20. The van der Waals surface area contributed by atoms with Crippen LogP contribution in [0.2, 0.25) is 0 Å². The molecule has 0 saturated carbocycles. The lowest BCUT2D eigenvalue weighted by Gasteiger charge is -2.31. The Balaban J connectivity index is 1.54. The smallest absolute Gasteiger partial charge is 0.199 e. The largest absolute Gasteiger partial charge is 0.496 e. The van der Waals surface area contributed by atoms with Crippen molar-refractivity contribution in [2.24, 2.45) is 7.05 Å². The van der Waals surface area contributed by atoms with Crippen molar-refractivity contribution < 1.29 is 4.74 Å². The van der Waals surface area contributed by atoms with Crippen LogP contribution in [0.25, 0.3) is 11.4 Å². The summed E-state index contributed by atoms with van der Waals surface area (Å²) in [4.78, 5) is 4.79. The Bertz CT molecular complexity index is 1080. The van der Waals surface area contributed by atoms with E-state index in [0.717, 1.165) is 36.8 Å². The van der Waals surface area contributed by atoms with Gasteiger partial charge in [0.2, 0.25) is 0 Å². The van der Waals surface area contributed by atoms with Crippen molar-refractivity contribution in [2.75, 3.05) is 32.1 Å². The third-order valence-corrected chi connectivity index (χ3v) is 6.38. The minimum Gasteiger partial charge on any atom is -0.496 e. The van der Waals surface area contributed by atoms with Gasteiger partial charge in [-0.05, 0) is 62.3 Å². The van der Waals surface area contributed by atoms with E-state index in [4.69, 9.17) is 22.1 Å². The van der Waals surface area contributed by atoms with Gasteiger partial charge in [0.05, 0.1) is 19.3 Å². The predicted molar refractivity (Wildman–Crippen MR) is 128 cm³/mol. The molecule has 1 aromatic heterocycles. The Kier molecular flexibility index (Phi) is 6.73. The number of aromatic nitrogens is 3. The Hall–Kier alpha value is -2.64. The summed E-state index contributed by atoms with van der Waals surface area (Å²) in [5, 5.41) is 4.83. The maximum Gasteiger partial charge on any atom is 0.199 e. The van der Waals surface area contributed by atoms with Crippen LogP contribution < -0.4 is 9.64 Å². The van der Waals surface area contributed by atoms with Gasteiger partial charge >= 0.3 is 0 Å². The minimum absolute atomic E-state index is 0.621. The van der Waals surface area contributed by atoms with Crippen molar-refractivity contribution in [3.63, 3.8) is 0 Å². The number of piperidine rings is 1. The van der Waals surface area contributed by atoms with Crippen molar-refractivity contribution in [1.29, 1.82) is 0 Å². The number of hydrogen-bond donors (Lipinski definition) is 0. The molecule has 3 aromatic rings. The van der Waals surface area contributed by atoms with Crippen LogP contribution in [0.3, 0.4) is 0 Å². The van der Waals surface area contributed by atoms with Gasteiger partial charge in [-0.15, -0.1) is 0 Å². The van der Waals surface area contributed by atoms with E-state index in [1.807, 2.05) is 40.6 Å². The number of methoxy groups -OCH3 is 1. The van der Waals surface area contributed by atoms with Crippen LogP contribution >= 0.6 is 12.2 Å². The van der Waals surface area contributed by atoms with E-state index in [1.165, 1.54) is 30.5 Å². The Morgan fingerprint density at radius 1 is 1.03 bits per heavy atom. The van der Waals surface area contributed by atoms with Gasteiger partial charge in [0, 0.05) is 32.4 Å². The molecule has 1 aliphatic rings. The predicted octanol–water partition coefficient (Wildman–Crippen LogP) is 4.71. The molecule has 0 radical (unpaired) electrons. The highest BCUT2D eigenvalue weighted by atomic mass is 32.1. The van der Waals surface area contributed by atoms with E-state index < -0.39 is 0 Å². The van der Waals surface area contributed by atoms with Crippen molar-refractivity contribution in [2.45, 2.75) is 32.5 Å². The number of benzene rings is 2. The molecule has 4 rings (SSSR count). The molecule has 0 aliphatic carbocycles. The second kappa shape index (κ2) is 9.66. The Morgan fingerprint density at radius 2 is 1.74 bits per heavy atom. The molecule has 164 valence electrons. The standard InChI is InChI=1S/C24H31N5OS/c1-26(17-19-11-5-7-13-21(19)28-15-9-4-10-16-28)18-29-24(31)27(2)23(25-29)20-12-6-8-14-22(20)30-3/h5-8,11-14H,4,9-10,15-18H2,1-3H3. The Morgan fingerprint density at radius 3 is 2.52 bits per heavy atom. The summed E-state index contributed by atoms with van der Waals surface area (Å²) < 4.78 is 10.1. The zero-order valence-corrected chi connectivity index (χ0v) is 19.4. The van der Waals surface area contributed by atoms with Gasteiger partial charge in [-0.3, -0.25) is 4.90 Å². The first kappa shape index (κ1) is 21.6. The monoisotopic (exact) mass is 437 g/mol. The summed E-state index contributed by atoms with van der Waals surface area (Å²) in [6.07, 6.45) is 3.89. The van der Waals surface area contributed by atoms with Crippen LogP contribution in [0.1, 0.15) is 24.8 Å². The molecule has 0 N–H and O–H groups in total. The maximum atomic E-state index is 5.69. The topological polar surface area (TPSA) is 38.5 Å². The quantitative estimate of drug-likeness (QED) is 0.501. The molecule has 0 atom stereocenters. The molecule has 2 heterocycles. The summed E-state index contributed by atoms with van der Waals surface area (Å²) in [5.41, 5.74) is 3.64. The molecule has 2 aromatic carbocycles. The van der Waals surface area contributed by atoms with Gasteiger partial charge in [-0.2, -0.15) is 5.10 Å². The lowest BCUT2D eigenvalue weighted by molar-refractivity contribution is 0.244. The molecule has 6 nitrogen and oxygen atoms in total. The van der Waals surface area contributed by atoms with E-state index in [-0.39, 0.29) is 0 Å². The minimum atomic E-state index is 0.621. The Labute approximate surface area is 189 Å². The molecule has 0 spiro atoms. The van der Waals surface area contributed by atoms with Gasteiger partial charge < -0.3 is 14.2 Å². The van der Waals surface area contributed by atoms with Crippen molar-refractivity contribution in [1.82, 2.24) is 19.2 Å². The number of anilines is 1. The van der Waals surface area contributed by atoms with E-state index in [1.54, 1.807) is 7.11 Å². The van der Waals surface area contributed by atoms with Crippen molar-refractivity contribution >= 4 is 17.9 Å². The van der Waals surface area contributed by atoms with E-state index in [2.05, 4.69) is 41.1 Å². The number of nitrogens with zero attached hydrogens (tertiary/aromatic N) is 5. The van der Waals surface area contributed by atoms with E-state index in [9.17, 15) is 0 Å². The zero-order valence-electron chi connectivity index (χ0n) is 18.6. The van der Waals surface area contributed by atoms with Gasteiger partial charge in [0.1, 0.15) is 5.75 Å². The summed E-state index contributed by atoms with van der Waals surface area (Å²) >= 11 is 5.69. The molecular weight excluding hydrogens is 406 g/mol. The molecule has 1 saturated heterocycles. The third-order valence-electron chi connectivity index (χ3n) is 5.89. The maximum absolute atomic E-state index is 5.69. The fraction of sp³-hybridized carbons (Fsp3) is 0.417. The number of para-hydroxylation sites is 2. The van der Waals surface area contributed by atoms with Crippen LogP contribution in [0.15, 0.2) is 48.5 Å². The van der Waals surface area contributed by atoms with Gasteiger partial charge in [0.15, 0.2) is 10.6 Å². The summed E-state index contributed by atoms with van der Waals surface area (Å²) in [6.45, 7) is 3.76. The molecule has 0 amide bonds. The molecule has 1 aliphatic heterocycles. The third kappa shape index (κ3) is 4.67. The molecule has 0 bridgehead atoms. The summed E-state index contributed by atoms with van der Waals surface area (Å²) in [6, 6.07) is 16.7.